The van der Waals surface area contributed by atoms with Gasteiger partial charge in [0.2, 0.25) is 15.9 Å². The zero-order valence-corrected chi connectivity index (χ0v) is 23.5. The second-order valence-corrected chi connectivity index (χ2v) is 13.3. The summed E-state index contributed by atoms with van der Waals surface area (Å²) in [6.45, 7) is 11.4. The Labute approximate surface area is 225 Å². The third-order valence-electron chi connectivity index (χ3n) is 8.10. The second-order valence-electron chi connectivity index (χ2n) is 11.3. The first kappa shape index (κ1) is 26.5. The van der Waals surface area contributed by atoms with Crippen molar-refractivity contribution < 1.29 is 18.0 Å². The van der Waals surface area contributed by atoms with Gasteiger partial charge in [-0.3, -0.25) is 13.9 Å². The first-order valence-corrected chi connectivity index (χ1v) is 15.0. The number of hydrogen-bond acceptors (Lipinski definition) is 6. The Kier molecular flexibility index (Phi) is 6.87. The lowest BCUT2D eigenvalue weighted by atomic mass is 9.77. The summed E-state index contributed by atoms with van der Waals surface area (Å²) < 4.78 is 27.2. The number of anilines is 2. The van der Waals surface area contributed by atoms with E-state index < -0.39 is 15.9 Å². The van der Waals surface area contributed by atoms with Crippen molar-refractivity contribution in [3.8, 4) is 0 Å². The molecule has 0 radical (unpaired) electrons. The highest BCUT2D eigenvalue weighted by Crippen LogP contribution is 2.41. The van der Waals surface area contributed by atoms with Crippen LogP contribution in [0.1, 0.15) is 60.2 Å². The molecule has 3 fully saturated rings. The minimum Gasteiger partial charge on any atom is -0.355 e. The molecule has 5 rings (SSSR count). The fourth-order valence-electron chi connectivity index (χ4n) is 5.94. The fourth-order valence-corrected chi connectivity index (χ4v) is 7.52. The van der Waals surface area contributed by atoms with E-state index in [2.05, 4.69) is 35.1 Å². The molecule has 1 unspecified atom stereocenters. The van der Waals surface area contributed by atoms with Crippen LogP contribution in [0.25, 0.3) is 0 Å². The van der Waals surface area contributed by atoms with Crippen LogP contribution in [0.2, 0.25) is 0 Å². The standard InChI is InChI=1S/C28H37N5O4S/c1-5-20-15-19(2)25(29-17-20)31-10-12-32(13-11-31)27(35)22-8-7-21(24-26(34)30-18-28(24,3)4)16-23(22)33-9-6-14-38(33,36)37/h7-8,15-17,24H,5-6,9-14,18H2,1-4H3,(H,30,34). The smallest absolute Gasteiger partial charge is 0.256 e. The van der Waals surface area contributed by atoms with Crippen LogP contribution in [-0.2, 0) is 21.2 Å². The minimum atomic E-state index is -3.52. The van der Waals surface area contributed by atoms with E-state index in [4.69, 9.17) is 0 Å². The third-order valence-corrected chi connectivity index (χ3v) is 9.95. The van der Waals surface area contributed by atoms with Crippen LogP contribution in [-0.4, -0.2) is 75.1 Å². The first-order chi connectivity index (χ1) is 18.0. The van der Waals surface area contributed by atoms with E-state index in [9.17, 15) is 18.0 Å². The first-order valence-electron chi connectivity index (χ1n) is 13.4. The quantitative estimate of drug-likeness (QED) is 0.627. The molecular formula is C28H37N5O4S. The van der Waals surface area contributed by atoms with E-state index in [0.717, 1.165) is 23.4 Å². The normalized spacial score (nSPS) is 22.6. The van der Waals surface area contributed by atoms with E-state index in [-0.39, 0.29) is 23.0 Å². The van der Waals surface area contributed by atoms with Gasteiger partial charge in [-0.25, -0.2) is 13.4 Å². The minimum absolute atomic E-state index is 0.0577. The van der Waals surface area contributed by atoms with Crippen molar-refractivity contribution in [3.63, 3.8) is 0 Å². The van der Waals surface area contributed by atoms with Gasteiger partial charge in [0.05, 0.1) is 22.9 Å². The van der Waals surface area contributed by atoms with Crippen LogP contribution in [0.4, 0.5) is 11.5 Å². The number of aromatic nitrogens is 1. The molecule has 0 aliphatic carbocycles. The Hall–Kier alpha value is -3.14. The Morgan fingerprint density at radius 2 is 1.87 bits per heavy atom. The number of amides is 2. The summed E-state index contributed by atoms with van der Waals surface area (Å²) in [5, 5.41) is 2.92. The number of piperazine rings is 1. The SMILES string of the molecule is CCc1cnc(N2CCN(C(=O)c3ccc(C4C(=O)NCC4(C)C)cc3N3CCCS3(=O)=O)CC2)c(C)c1. The predicted molar refractivity (Wildman–Crippen MR) is 148 cm³/mol. The van der Waals surface area contributed by atoms with Gasteiger partial charge in [-0.1, -0.05) is 32.9 Å². The lowest BCUT2D eigenvalue weighted by Gasteiger charge is -2.36. The van der Waals surface area contributed by atoms with E-state index in [0.29, 0.717) is 56.9 Å². The number of benzene rings is 1. The van der Waals surface area contributed by atoms with Crippen LogP contribution in [0.3, 0.4) is 0 Å². The maximum atomic E-state index is 13.8. The number of aryl methyl sites for hydroxylation is 2. The molecule has 10 heteroatoms. The van der Waals surface area contributed by atoms with Crippen molar-refractivity contribution in [1.82, 2.24) is 15.2 Å². The number of carbonyl (C=O) groups is 2. The highest BCUT2D eigenvalue weighted by molar-refractivity contribution is 7.93. The van der Waals surface area contributed by atoms with Gasteiger partial charge >= 0.3 is 0 Å². The Morgan fingerprint density at radius 3 is 2.45 bits per heavy atom. The summed E-state index contributed by atoms with van der Waals surface area (Å²) in [4.78, 5) is 35.2. The van der Waals surface area contributed by atoms with Gasteiger partial charge in [-0.2, -0.15) is 0 Å². The number of nitrogens with one attached hydrogen (secondary N) is 1. The summed E-state index contributed by atoms with van der Waals surface area (Å²) in [6.07, 6.45) is 3.36. The summed E-state index contributed by atoms with van der Waals surface area (Å²) >= 11 is 0. The molecule has 0 saturated carbocycles. The molecule has 3 saturated heterocycles. The second kappa shape index (κ2) is 9.87. The van der Waals surface area contributed by atoms with Gasteiger partial charge in [0.1, 0.15) is 5.82 Å². The third kappa shape index (κ3) is 4.74. The lowest BCUT2D eigenvalue weighted by Crippen LogP contribution is -2.49. The lowest BCUT2D eigenvalue weighted by molar-refractivity contribution is -0.121. The van der Waals surface area contributed by atoms with Gasteiger partial charge in [0, 0.05) is 45.5 Å². The maximum Gasteiger partial charge on any atom is 0.256 e. The van der Waals surface area contributed by atoms with Crippen molar-refractivity contribution in [2.75, 3.05) is 54.2 Å². The highest BCUT2D eigenvalue weighted by Gasteiger charge is 2.43. The summed E-state index contributed by atoms with van der Waals surface area (Å²) in [5.74, 6) is 0.335. The molecule has 204 valence electrons. The fraction of sp³-hybridized carbons (Fsp3) is 0.536. The summed E-state index contributed by atoms with van der Waals surface area (Å²) in [6, 6.07) is 7.45. The number of nitrogens with zero attached hydrogens (tertiary/aromatic N) is 4. The van der Waals surface area contributed by atoms with Crippen molar-refractivity contribution in [2.24, 2.45) is 5.41 Å². The zero-order chi connectivity index (χ0) is 27.2. The van der Waals surface area contributed by atoms with Crippen molar-refractivity contribution in [1.29, 1.82) is 0 Å². The van der Waals surface area contributed by atoms with Crippen molar-refractivity contribution >= 4 is 33.3 Å². The van der Waals surface area contributed by atoms with E-state index in [1.54, 1.807) is 17.0 Å². The van der Waals surface area contributed by atoms with Crippen LogP contribution >= 0.6 is 0 Å². The highest BCUT2D eigenvalue weighted by atomic mass is 32.2. The molecular weight excluding hydrogens is 502 g/mol. The van der Waals surface area contributed by atoms with Crippen molar-refractivity contribution in [3.05, 3.63) is 52.7 Å². The zero-order valence-electron chi connectivity index (χ0n) is 22.7. The van der Waals surface area contributed by atoms with Gasteiger partial charge < -0.3 is 15.1 Å². The molecule has 0 spiro atoms. The molecule has 1 atom stereocenters. The molecule has 9 nitrogen and oxygen atoms in total. The van der Waals surface area contributed by atoms with Gasteiger partial charge in [0.15, 0.2) is 0 Å². The largest absolute Gasteiger partial charge is 0.355 e. The van der Waals surface area contributed by atoms with E-state index in [1.807, 2.05) is 26.1 Å². The Balaban J connectivity index is 1.42. The molecule has 3 aliphatic rings. The van der Waals surface area contributed by atoms with Crippen molar-refractivity contribution in [2.45, 2.75) is 46.5 Å². The molecule has 1 N–H and O–H groups in total. The maximum absolute atomic E-state index is 13.8. The summed E-state index contributed by atoms with van der Waals surface area (Å²) in [7, 11) is -3.52. The monoisotopic (exact) mass is 539 g/mol. The Morgan fingerprint density at radius 1 is 1.13 bits per heavy atom. The average Bonchev–Trinajstić information content (AvgIpc) is 3.39. The average molecular weight is 540 g/mol. The molecule has 4 heterocycles. The molecule has 2 amide bonds. The topological polar surface area (TPSA) is 103 Å². The van der Waals surface area contributed by atoms with Gasteiger partial charge in [0.25, 0.3) is 5.91 Å². The van der Waals surface area contributed by atoms with Crippen LogP contribution in [0.5, 0.6) is 0 Å². The number of hydrogen-bond donors (Lipinski definition) is 1. The van der Waals surface area contributed by atoms with Gasteiger partial charge in [-0.05, 0) is 54.0 Å². The van der Waals surface area contributed by atoms with Crippen LogP contribution < -0.4 is 14.5 Å². The van der Waals surface area contributed by atoms with Crippen LogP contribution in [0.15, 0.2) is 30.5 Å². The molecule has 1 aromatic carbocycles. The Bertz CT molecular complexity index is 1370. The number of rotatable bonds is 5. The number of carbonyl (C=O) groups excluding carboxylic acids is 2. The molecule has 2 aromatic rings. The van der Waals surface area contributed by atoms with E-state index >= 15 is 0 Å². The molecule has 38 heavy (non-hydrogen) atoms. The predicted octanol–water partition coefficient (Wildman–Crippen LogP) is 2.69. The van der Waals surface area contributed by atoms with Gasteiger partial charge in [-0.15, -0.1) is 0 Å². The van der Waals surface area contributed by atoms with Crippen LogP contribution in [0, 0.1) is 12.3 Å². The molecule has 0 bridgehead atoms. The number of pyridine rings is 1. The molecule has 1 aromatic heterocycles. The molecule has 3 aliphatic heterocycles. The number of sulfonamides is 1. The van der Waals surface area contributed by atoms with E-state index in [1.165, 1.54) is 9.87 Å². The summed E-state index contributed by atoms with van der Waals surface area (Å²) in [5.41, 5.74) is 3.50.